The van der Waals surface area contributed by atoms with E-state index >= 15 is 0 Å². The first kappa shape index (κ1) is 55.6. The zero-order valence-electron chi connectivity index (χ0n) is 38.3. The van der Waals surface area contributed by atoms with Crippen LogP contribution in [0.15, 0.2) is 12.2 Å². The van der Waals surface area contributed by atoms with Gasteiger partial charge < -0.3 is 20.3 Å². The molecule has 2 unspecified atom stereocenters. The molecule has 0 aliphatic heterocycles. The fourth-order valence-corrected chi connectivity index (χ4v) is 7.87. The maximum Gasteiger partial charge on any atom is 0.305 e. The van der Waals surface area contributed by atoms with E-state index in [1.165, 1.54) is 199 Å². The van der Waals surface area contributed by atoms with Crippen LogP contribution in [0.2, 0.25) is 0 Å². The summed E-state index contributed by atoms with van der Waals surface area (Å²) in [6.45, 7) is 4.91. The fourth-order valence-electron chi connectivity index (χ4n) is 7.87. The molecule has 0 spiro atoms. The van der Waals surface area contributed by atoms with Gasteiger partial charge in [0.05, 0.1) is 25.4 Å². The Morgan fingerprint density at radius 1 is 0.474 bits per heavy atom. The Morgan fingerprint density at radius 3 is 1.25 bits per heavy atom. The molecular weight excluding hydrogens is 707 g/mol. The second-order valence-electron chi connectivity index (χ2n) is 17.5. The van der Waals surface area contributed by atoms with Gasteiger partial charge in [-0.1, -0.05) is 225 Å². The van der Waals surface area contributed by atoms with E-state index in [2.05, 4.69) is 31.3 Å². The van der Waals surface area contributed by atoms with E-state index in [1.807, 2.05) is 0 Å². The molecule has 1 amide bonds. The number of carbonyl (C=O) groups excluding carboxylic acids is 2. The van der Waals surface area contributed by atoms with E-state index in [1.54, 1.807) is 0 Å². The first-order valence-corrected chi connectivity index (χ1v) is 25.4. The van der Waals surface area contributed by atoms with Gasteiger partial charge in [0, 0.05) is 12.8 Å². The van der Waals surface area contributed by atoms with Gasteiger partial charge in [-0.05, 0) is 51.4 Å². The molecule has 338 valence electrons. The fraction of sp³-hybridized carbons (Fsp3) is 0.922. The summed E-state index contributed by atoms with van der Waals surface area (Å²) in [4.78, 5) is 24.4. The molecule has 0 heterocycles. The summed E-state index contributed by atoms with van der Waals surface area (Å²) in [6.07, 6.45) is 53.3. The number of rotatable bonds is 47. The van der Waals surface area contributed by atoms with Crippen molar-refractivity contribution in [2.45, 2.75) is 289 Å². The van der Waals surface area contributed by atoms with Crippen LogP contribution >= 0.6 is 0 Å². The molecule has 0 rings (SSSR count). The van der Waals surface area contributed by atoms with Crippen molar-refractivity contribution in [2.24, 2.45) is 0 Å². The van der Waals surface area contributed by atoms with Crippen molar-refractivity contribution in [3.63, 3.8) is 0 Å². The van der Waals surface area contributed by atoms with Crippen LogP contribution in [0.4, 0.5) is 0 Å². The summed E-state index contributed by atoms with van der Waals surface area (Å²) in [6, 6.07) is -0.543. The van der Waals surface area contributed by atoms with Crippen molar-refractivity contribution in [3.05, 3.63) is 12.2 Å². The third kappa shape index (κ3) is 44.0. The number of unbranched alkanes of at least 4 members (excludes halogenated alkanes) is 34. The predicted octanol–water partition coefficient (Wildman–Crippen LogP) is 15.0. The molecule has 0 aromatic carbocycles. The van der Waals surface area contributed by atoms with Gasteiger partial charge in [-0.3, -0.25) is 9.59 Å². The van der Waals surface area contributed by atoms with Crippen LogP contribution in [0.25, 0.3) is 0 Å². The lowest BCUT2D eigenvalue weighted by molar-refractivity contribution is -0.143. The van der Waals surface area contributed by atoms with E-state index in [4.69, 9.17) is 4.74 Å². The molecule has 0 aliphatic rings. The average molecular weight is 806 g/mol. The molecule has 0 aromatic heterocycles. The number of aliphatic hydroxyl groups is 2. The van der Waals surface area contributed by atoms with Crippen molar-refractivity contribution in [1.29, 1.82) is 0 Å². The monoisotopic (exact) mass is 806 g/mol. The van der Waals surface area contributed by atoms with E-state index in [0.717, 1.165) is 44.9 Å². The summed E-state index contributed by atoms with van der Waals surface area (Å²) in [5, 5.41) is 23.1. The Labute approximate surface area is 355 Å². The summed E-state index contributed by atoms with van der Waals surface area (Å²) in [7, 11) is 0. The number of esters is 1. The molecule has 0 saturated heterocycles. The average Bonchev–Trinajstić information content (AvgIpc) is 3.21. The SMILES string of the molecule is CCCCCCCC/C=C\CCCCCCCC(=O)OCCCCCCCCCCCCCCCCCCC(=O)NC(CO)C(O)CCCCCCCCCCC. The van der Waals surface area contributed by atoms with Crippen LogP contribution in [0.3, 0.4) is 0 Å². The first-order valence-electron chi connectivity index (χ1n) is 25.4. The topological polar surface area (TPSA) is 95.9 Å². The van der Waals surface area contributed by atoms with Gasteiger partial charge in [0.25, 0.3) is 0 Å². The Kier molecular flexibility index (Phi) is 46.1. The molecule has 3 N–H and O–H groups in total. The third-order valence-electron chi connectivity index (χ3n) is 11.8. The number of carbonyl (C=O) groups is 2. The van der Waals surface area contributed by atoms with Crippen LogP contribution in [0.5, 0.6) is 0 Å². The Hall–Kier alpha value is -1.40. The Bertz CT molecular complexity index is 847. The molecule has 0 radical (unpaired) electrons. The number of allylic oxidation sites excluding steroid dienone is 2. The molecule has 0 saturated carbocycles. The van der Waals surface area contributed by atoms with Crippen molar-refractivity contribution in [2.75, 3.05) is 13.2 Å². The molecular formula is C51H99NO5. The zero-order chi connectivity index (χ0) is 41.5. The number of hydrogen-bond donors (Lipinski definition) is 3. The van der Waals surface area contributed by atoms with Crippen molar-refractivity contribution in [3.8, 4) is 0 Å². The number of amides is 1. The highest BCUT2D eigenvalue weighted by Gasteiger charge is 2.20. The standard InChI is InChI=1S/C51H99NO5/c1-3-5-7-9-11-13-14-15-18-22-25-29-33-37-41-45-51(56)57-46-42-38-34-30-26-23-20-17-16-19-21-24-28-32-36-40-44-50(55)52-48(47-53)49(54)43-39-35-31-27-12-10-8-6-4-2/h15,18,48-49,53-54H,3-14,16-17,19-47H2,1-2H3,(H,52,55)/b18-15-. The van der Waals surface area contributed by atoms with Crippen LogP contribution in [0.1, 0.15) is 277 Å². The molecule has 57 heavy (non-hydrogen) atoms. The summed E-state index contributed by atoms with van der Waals surface area (Å²) < 4.78 is 5.46. The molecule has 6 heteroatoms. The van der Waals surface area contributed by atoms with Gasteiger partial charge in [0.1, 0.15) is 0 Å². The highest BCUT2D eigenvalue weighted by Crippen LogP contribution is 2.16. The van der Waals surface area contributed by atoms with Crippen LogP contribution in [-0.2, 0) is 14.3 Å². The highest BCUT2D eigenvalue weighted by molar-refractivity contribution is 5.76. The van der Waals surface area contributed by atoms with Crippen LogP contribution in [-0.4, -0.2) is 47.4 Å². The number of hydrogen-bond acceptors (Lipinski definition) is 5. The molecule has 2 atom stereocenters. The zero-order valence-corrected chi connectivity index (χ0v) is 38.3. The lowest BCUT2D eigenvalue weighted by atomic mass is 10.0. The van der Waals surface area contributed by atoms with Crippen molar-refractivity contribution < 1.29 is 24.5 Å². The van der Waals surface area contributed by atoms with Gasteiger partial charge in [0.2, 0.25) is 5.91 Å². The molecule has 6 nitrogen and oxygen atoms in total. The largest absolute Gasteiger partial charge is 0.466 e. The maximum absolute atomic E-state index is 12.4. The smallest absolute Gasteiger partial charge is 0.305 e. The van der Waals surface area contributed by atoms with Gasteiger partial charge in [-0.15, -0.1) is 0 Å². The number of ether oxygens (including phenoxy) is 1. The minimum atomic E-state index is -0.666. The summed E-state index contributed by atoms with van der Waals surface area (Å²) in [5.41, 5.74) is 0. The molecule has 0 aliphatic carbocycles. The van der Waals surface area contributed by atoms with E-state index in [-0.39, 0.29) is 18.5 Å². The van der Waals surface area contributed by atoms with E-state index in [0.29, 0.717) is 25.9 Å². The number of aliphatic hydroxyl groups excluding tert-OH is 2. The normalized spacial score (nSPS) is 12.7. The lowest BCUT2D eigenvalue weighted by Gasteiger charge is -2.22. The van der Waals surface area contributed by atoms with Crippen molar-refractivity contribution in [1.82, 2.24) is 5.32 Å². The summed E-state index contributed by atoms with van der Waals surface area (Å²) in [5.74, 6) is -0.0491. The van der Waals surface area contributed by atoms with Crippen LogP contribution in [0, 0.1) is 0 Å². The van der Waals surface area contributed by atoms with Gasteiger partial charge in [0.15, 0.2) is 0 Å². The highest BCUT2D eigenvalue weighted by atomic mass is 16.5. The van der Waals surface area contributed by atoms with E-state index < -0.39 is 12.1 Å². The van der Waals surface area contributed by atoms with E-state index in [9.17, 15) is 19.8 Å². The maximum atomic E-state index is 12.4. The van der Waals surface area contributed by atoms with Gasteiger partial charge in [-0.25, -0.2) is 0 Å². The third-order valence-corrected chi connectivity index (χ3v) is 11.8. The first-order chi connectivity index (χ1) is 28.0. The van der Waals surface area contributed by atoms with Gasteiger partial charge >= 0.3 is 5.97 Å². The second-order valence-corrected chi connectivity index (χ2v) is 17.5. The second kappa shape index (κ2) is 47.3. The molecule has 0 aromatic rings. The van der Waals surface area contributed by atoms with Crippen LogP contribution < -0.4 is 5.32 Å². The lowest BCUT2D eigenvalue weighted by Crippen LogP contribution is -2.45. The Balaban J connectivity index is 3.39. The quantitative estimate of drug-likeness (QED) is 0.0323. The summed E-state index contributed by atoms with van der Waals surface area (Å²) >= 11 is 0. The minimum Gasteiger partial charge on any atom is -0.466 e. The predicted molar refractivity (Wildman–Crippen MR) is 246 cm³/mol. The Morgan fingerprint density at radius 2 is 0.825 bits per heavy atom. The van der Waals surface area contributed by atoms with Crippen molar-refractivity contribution >= 4 is 11.9 Å². The minimum absolute atomic E-state index is 0.00495. The van der Waals surface area contributed by atoms with Gasteiger partial charge in [-0.2, -0.15) is 0 Å². The molecule has 0 bridgehead atoms. The molecule has 0 fully saturated rings. The number of nitrogens with one attached hydrogen (secondary N) is 1.